The quantitative estimate of drug-likeness (QED) is 0.754. The Kier molecular flexibility index (Phi) is 6.45. The van der Waals surface area contributed by atoms with Gasteiger partial charge in [-0.25, -0.2) is 4.39 Å². The van der Waals surface area contributed by atoms with Crippen LogP contribution in [0.4, 0.5) is 4.39 Å². The topological polar surface area (TPSA) is 55.4 Å². The van der Waals surface area contributed by atoms with E-state index in [4.69, 9.17) is 4.74 Å². The lowest BCUT2D eigenvalue weighted by molar-refractivity contribution is -0.124. The molecule has 0 spiro atoms. The molecule has 148 valence electrons. The molecule has 0 bridgehead atoms. The first-order valence-electron chi connectivity index (χ1n) is 9.76. The van der Waals surface area contributed by atoms with E-state index in [-0.39, 0.29) is 30.2 Å². The number of hydrogen-bond acceptors (Lipinski definition) is 3. The van der Waals surface area contributed by atoms with Crippen LogP contribution in [-0.2, 0) is 4.79 Å². The second-order valence-corrected chi connectivity index (χ2v) is 7.59. The molecule has 5 heteroatoms. The average molecular weight is 383 g/mol. The Morgan fingerprint density at radius 2 is 1.61 bits per heavy atom. The number of carbonyl (C=O) groups excluding carboxylic acids is 2. The second kappa shape index (κ2) is 9.00. The molecule has 1 fully saturated rings. The van der Waals surface area contributed by atoms with Gasteiger partial charge in [0.25, 0.3) is 5.91 Å². The first kappa shape index (κ1) is 20.1. The highest BCUT2D eigenvalue weighted by Gasteiger charge is 2.28. The van der Waals surface area contributed by atoms with Gasteiger partial charge in [-0.05, 0) is 66.8 Å². The molecule has 1 aliphatic carbocycles. The predicted octanol–water partition coefficient (Wildman–Crippen LogP) is 4.38. The Morgan fingerprint density at radius 1 is 1.00 bits per heavy atom. The molecule has 1 aliphatic rings. The fraction of sp³-hybridized carbons (Fsp3) is 0.391. The van der Waals surface area contributed by atoms with E-state index in [1.165, 1.54) is 30.7 Å². The predicted molar refractivity (Wildman–Crippen MR) is 106 cm³/mol. The number of ether oxygens (including phenoxy) is 1. The van der Waals surface area contributed by atoms with E-state index in [0.29, 0.717) is 28.7 Å². The van der Waals surface area contributed by atoms with Gasteiger partial charge >= 0.3 is 0 Å². The molecular weight excluding hydrogens is 357 g/mol. The van der Waals surface area contributed by atoms with E-state index in [2.05, 4.69) is 19.2 Å². The highest BCUT2D eigenvalue weighted by molar-refractivity contribution is 6.09. The molecule has 3 atom stereocenters. The summed E-state index contributed by atoms with van der Waals surface area (Å²) >= 11 is 0. The van der Waals surface area contributed by atoms with Crippen molar-refractivity contribution in [3.63, 3.8) is 0 Å². The van der Waals surface area contributed by atoms with Crippen LogP contribution >= 0.6 is 0 Å². The van der Waals surface area contributed by atoms with Crippen molar-refractivity contribution in [2.24, 2.45) is 11.8 Å². The van der Waals surface area contributed by atoms with E-state index in [0.717, 1.165) is 12.8 Å². The third-order valence-corrected chi connectivity index (χ3v) is 5.65. The molecule has 0 radical (unpaired) electrons. The van der Waals surface area contributed by atoms with Gasteiger partial charge in [-0.2, -0.15) is 0 Å². The van der Waals surface area contributed by atoms with Gasteiger partial charge in [0.1, 0.15) is 11.6 Å². The summed E-state index contributed by atoms with van der Waals surface area (Å²) in [6.45, 7) is 4.36. The van der Waals surface area contributed by atoms with Crippen LogP contribution < -0.4 is 10.1 Å². The minimum Gasteiger partial charge on any atom is -0.484 e. The molecule has 0 unspecified atom stereocenters. The van der Waals surface area contributed by atoms with Crippen LogP contribution in [0.2, 0.25) is 0 Å². The molecule has 1 N–H and O–H groups in total. The maximum absolute atomic E-state index is 13.0. The fourth-order valence-electron chi connectivity index (χ4n) is 3.65. The molecule has 0 saturated heterocycles. The van der Waals surface area contributed by atoms with Crippen LogP contribution in [0.1, 0.15) is 49.0 Å². The monoisotopic (exact) mass is 383 g/mol. The largest absolute Gasteiger partial charge is 0.484 e. The van der Waals surface area contributed by atoms with Crippen molar-refractivity contribution in [2.75, 3.05) is 6.61 Å². The van der Waals surface area contributed by atoms with Gasteiger partial charge in [0.05, 0.1) is 0 Å². The summed E-state index contributed by atoms with van der Waals surface area (Å²) in [7, 11) is 0. The molecular formula is C23H26FNO3. The highest BCUT2D eigenvalue weighted by atomic mass is 19.1. The number of halogens is 1. The smallest absolute Gasteiger partial charge is 0.258 e. The zero-order chi connectivity index (χ0) is 20.1. The lowest BCUT2D eigenvalue weighted by Crippen LogP contribution is -2.45. The van der Waals surface area contributed by atoms with Crippen LogP contribution in [0.3, 0.4) is 0 Å². The van der Waals surface area contributed by atoms with Crippen LogP contribution in [0.5, 0.6) is 5.75 Å². The van der Waals surface area contributed by atoms with Crippen molar-refractivity contribution in [1.29, 1.82) is 0 Å². The summed E-state index contributed by atoms with van der Waals surface area (Å²) in [5.74, 6) is 0.911. The van der Waals surface area contributed by atoms with Crippen LogP contribution in [0.25, 0.3) is 0 Å². The first-order valence-corrected chi connectivity index (χ1v) is 9.76. The Morgan fingerprint density at radius 3 is 2.25 bits per heavy atom. The van der Waals surface area contributed by atoms with Crippen LogP contribution in [-0.4, -0.2) is 24.3 Å². The van der Waals surface area contributed by atoms with Crippen molar-refractivity contribution in [3.8, 4) is 5.75 Å². The zero-order valence-corrected chi connectivity index (χ0v) is 16.3. The minimum atomic E-state index is -0.379. The second-order valence-electron chi connectivity index (χ2n) is 7.59. The Labute approximate surface area is 165 Å². The SMILES string of the molecule is C[C@@H]1[C@H](C)CCC[C@H]1NC(=O)COc1ccc(C(=O)c2ccc(F)cc2)cc1. The summed E-state index contributed by atoms with van der Waals surface area (Å²) < 4.78 is 18.5. The molecule has 0 aromatic heterocycles. The molecule has 28 heavy (non-hydrogen) atoms. The lowest BCUT2D eigenvalue weighted by Gasteiger charge is -2.34. The van der Waals surface area contributed by atoms with Gasteiger partial charge in [0.15, 0.2) is 12.4 Å². The maximum atomic E-state index is 13.0. The van der Waals surface area contributed by atoms with E-state index in [1.54, 1.807) is 24.3 Å². The minimum absolute atomic E-state index is 0.0527. The molecule has 0 heterocycles. The van der Waals surface area contributed by atoms with Crippen molar-refractivity contribution in [3.05, 3.63) is 65.5 Å². The third kappa shape index (κ3) is 4.97. The van der Waals surface area contributed by atoms with Gasteiger partial charge in [-0.1, -0.05) is 26.7 Å². The number of carbonyl (C=O) groups is 2. The van der Waals surface area contributed by atoms with Gasteiger partial charge in [0.2, 0.25) is 0 Å². The molecule has 2 aromatic carbocycles. The lowest BCUT2D eigenvalue weighted by atomic mass is 9.78. The molecule has 4 nitrogen and oxygen atoms in total. The summed E-state index contributed by atoms with van der Waals surface area (Å²) in [4.78, 5) is 24.6. The van der Waals surface area contributed by atoms with Crippen molar-refractivity contribution >= 4 is 11.7 Å². The van der Waals surface area contributed by atoms with E-state index in [1.807, 2.05) is 0 Å². The Bertz CT molecular complexity index is 817. The molecule has 1 saturated carbocycles. The molecule has 2 aromatic rings. The summed E-state index contributed by atoms with van der Waals surface area (Å²) in [5.41, 5.74) is 0.902. The van der Waals surface area contributed by atoms with Crippen molar-refractivity contribution in [1.82, 2.24) is 5.32 Å². The van der Waals surface area contributed by atoms with E-state index in [9.17, 15) is 14.0 Å². The van der Waals surface area contributed by atoms with Crippen LogP contribution in [0.15, 0.2) is 48.5 Å². The first-order chi connectivity index (χ1) is 13.4. The summed E-state index contributed by atoms with van der Waals surface area (Å²) in [5, 5.41) is 3.08. The molecule has 0 aliphatic heterocycles. The maximum Gasteiger partial charge on any atom is 0.258 e. The highest BCUT2D eigenvalue weighted by Crippen LogP contribution is 2.29. The van der Waals surface area contributed by atoms with Crippen molar-refractivity contribution < 1.29 is 18.7 Å². The average Bonchev–Trinajstić information content (AvgIpc) is 2.70. The Hall–Kier alpha value is -2.69. The number of amides is 1. The fourth-order valence-corrected chi connectivity index (χ4v) is 3.65. The summed E-state index contributed by atoms with van der Waals surface area (Å²) in [6.07, 6.45) is 3.37. The molecule has 1 amide bonds. The number of hydrogen-bond donors (Lipinski definition) is 1. The number of nitrogens with one attached hydrogen (secondary N) is 1. The number of rotatable bonds is 6. The third-order valence-electron chi connectivity index (χ3n) is 5.65. The van der Waals surface area contributed by atoms with Gasteiger partial charge < -0.3 is 10.1 Å². The van der Waals surface area contributed by atoms with Crippen LogP contribution in [0, 0.1) is 17.7 Å². The number of benzene rings is 2. The standard InChI is InChI=1S/C23H26FNO3/c1-15-4-3-5-21(16(15)2)25-22(26)14-28-20-12-8-18(9-13-20)23(27)17-6-10-19(24)11-7-17/h6-13,15-16,21H,3-5,14H2,1-2H3,(H,25,26)/t15-,16-,21-/m1/s1. The van der Waals surface area contributed by atoms with E-state index >= 15 is 0 Å². The van der Waals surface area contributed by atoms with Gasteiger partial charge in [-0.3, -0.25) is 9.59 Å². The normalized spacial score (nSPS) is 21.8. The van der Waals surface area contributed by atoms with Gasteiger partial charge in [-0.15, -0.1) is 0 Å². The van der Waals surface area contributed by atoms with Crippen molar-refractivity contribution in [2.45, 2.75) is 39.2 Å². The van der Waals surface area contributed by atoms with Gasteiger partial charge in [0, 0.05) is 17.2 Å². The molecule has 3 rings (SSSR count). The Balaban J connectivity index is 1.52. The number of ketones is 1. The zero-order valence-electron chi connectivity index (χ0n) is 16.3. The van der Waals surface area contributed by atoms with E-state index < -0.39 is 0 Å². The summed E-state index contributed by atoms with van der Waals surface area (Å²) in [6, 6.07) is 12.3.